The number of carbonyl (C=O) groups is 2. The smallest absolute Gasteiger partial charge is 0.340 e. The van der Waals surface area contributed by atoms with Crippen molar-refractivity contribution in [2.24, 2.45) is 5.10 Å². The Morgan fingerprint density at radius 2 is 1.76 bits per heavy atom. The van der Waals surface area contributed by atoms with Gasteiger partial charge >= 0.3 is 5.97 Å². The van der Waals surface area contributed by atoms with Gasteiger partial charge in [0.25, 0.3) is 5.91 Å². The fourth-order valence-corrected chi connectivity index (χ4v) is 4.14. The van der Waals surface area contributed by atoms with Crippen LogP contribution in [0.5, 0.6) is 5.75 Å². The van der Waals surface area contributed by atoms with Gasteiger partial charge in [0.1, 0.15) is 11.6 Å². The number of rotatable bonds is 5. The highest BCUT2D eigenvalue weighted by Gasteiger charge is 2.18. The Kier molecular flexibility index (Phi) is 6.98. The number of halogens is 1. The number of thiophene rings is 1. The minimum Gasteiger partial charge on any atom is -0.506 e. The maximum Gasteiger partial charge on any atom is 0.340 e. The number of nitrogens with zero attached hydrogens (tertiary/aromatic N) is 1. The van der Waals surface area contributed by atoms with Gasteiger partial charge in [0.15, 0.2) is 0 Å². The summed E-state index contributed by atoms with van der Waals surface area (Å²) >= 11 is 1.37. The van der Waals surface area contributed by atoms with Crippen LogP contribution in [-0.4, -0.2) is 29.8 Å². The Hall–Kier alpha value is -3.52. The lowest BCUT2D eigenvalue weighted by molar-refractivity contribution is 0.0595. The fraction of sp³-hybridized carbons (Fsp3) is 0.240. The van der Waals surface area contributed by atoms with Gasteiger partial charge in [0, 0.05) is 10.9 Å². The maximum absolute atomic E-state index is 14.1. The molecule has 2 N–H and O–H groups in total. The van der Waals surface area contributed by atoms with Crippen LogP contribution < -0.4 is 5.43 Å². The first kappa shape index (κ1) is 24.1. The standard InChI is InChI=1S/C25H25FN2O4S/c1-14(27-28-23(30)16-8-11-18(20(26)12-16)24(31)32-5)19-13-33-22(21(19)29)15-6-9-17(10-7-15)25(2,3)4/h6-13,29H,1-5H3,(H,28,30)/b27-14-. The molecule has 172 valence electrons. The maximum atomic E-state index is 14.1. The van der Waals surface area contributed by atoms with Gasteiger partial charge in [-0.1, -0.05) is 45.0 Å². The van der Waals surface area contributed by atoms with Crippen LogP contribution >= 0.6 is 11.3 Å². The van der Waals surface area contributed by atoms with Gasteiger partial charge in [-0.15, -0.1) is 11.3 Å². The van der Waals surface area contributed by atoms with Gasteiger partial charge in [-0.05, 0) is 41.7 Å². The summed E-state index contributed by atoms with van der Waals surface area (Å²) in [6.07, 6.45) is 0. The lowest BCUT2D eigenvalue weighted by Gasteiger charge is -2.19. The summed E-state index contributed by atoms with van der Waals surface area (Å²) in [7, 11) is 1.14. The third kappa shape index (κ3) is 5.28. The lowest BCUT2D eigenvalue weighted by Crippen LogP contribution is -2.20. The van der Waals surface area contributed by atoms with Crippen LogP contribution in [0.1, 0.15) is 59.5 Å². The predicted octanol–water partition coefficient (Wildman–Crippen LogP) is 5.50. The number of nitrogens with one attached hydrogen (secondary N) is 1. The van der Waals surface area contributed by atoms with Gasteiger partial charge in [-0.25, -0.2) is 14.6 Å². The second-order valence-electron chi connectivity index (χ2n) is 8.48. The summed E-state index contributed by atoms with van der Waals surface area (Å²) in [5.74, 6) is -2.28. The number of amides is 1. The van der Waals surface area contributed by atoms with E-state index in [9.17, 15) is 19.1 Å². The molecule has 0 atom stereocenters. The largest absolute Gasteiger partial charge is 0.506 e. The molecule has 6 nitrogen and oxygen atoms in total. The molecule has 0 unspecified atom stereocenters. The monoisotopic (exact) mass is 468 g/mol. The Balaban J connectivity index is 1.77. The Morgan fingerprint density at radius 1 is 1.09 bits per heavy atom. The third-order valence-corrected chi connectivity index (χ3v) is 6.15. The SMILES string of the molecule is COC(=O)c1ccc(C(=O)N/N=C(/C)c2csc(-c3ccc(C(C)(C)C)cc3)c2O)cc1F. The molecular formula is C25H25FN2O4S. The number of carbonyl (C=O) groups excluding carboxylic acids is 2. The molecule has 0 aliphatic heterocycles. The van der Waals surface area contributed by atoms with Crippen molar-refractivity contribution in [3.8, 4) is 16.2 Å². The summed E-state index contributed by atoms with van der Waals surface area (Å²) in [5, 5.41) is 16.5. The first-order valence-corrected chi connectivity index (χ1v) is 11.0. The number of benzene rings is 2. The van der Waals surface area contributed by atoms with Gasteiger partial charge in [0.2, 0.25) is 0 Å². The quantitative estimate of drug-likeness (QED) is 0.294. The first-order chi connectivity index (χ1) is 15.5. The normalized spacial score (nSPS) is 11.9. The molecule has 0 saturated heterocycles. The zero-order valence-electron chi connectivity index (χ0n) is 19.0. The molecule has 0 spiro atoms. The van der Waals surface area contributed by atoms with Crippen molar-refractivity contribution in [2.45, 2.75) is 33.1 Å². The van der Waals surface area contributed by atoms with Gasteiger partial charge in [-0.2, -0.15) is 5.10 Å². The number of methoxy groups -OCH3 is 1. The molecule has 1 aromatic heterocycles. The van der Waals surface area contributed by atoms with Crippen molar-refractivity contribution < 1.29 is 23.8 Å². The fourth-order valence-electron chi connectivity index (χ4n) is 3.13. The van der Waals surface area contributed by atoms with Crippen LogP contribution in [0.2, 0.25) is 0 Å². The molecule has 1 amide bonds. The average Bonchev–Trinajstić information content (AvgIpc) is 3.17. The molecule has 0 saturated carbocycles. The van der Waals surface area contributed by atoms with Crippen LogP contribution in [0.3, 0.4) is 0 Å². The van der Waals surface area contributed by atoms with Crippen molar-refractivity contribution in [3.63, 3.8) is 0 Å². The zero-order valence-corrected chi connectivity index (χ0v) is 19.8. The molecule has 0 aliphatic rings. The van der Waals surface area contributed by atoms with E-state index in [0.29, 0.717) is 16.2 Å². The molecule has 0 radical (unpaired) electrons. The van der Waals surface area contributed by atoms with Crippen molar-refractivity contribution in [3.05, 3.63) is 75.9 Å². The van der Waals surface area contributed by atoms with E-state index in [-0.39, 0.29) is 22.3 Å². The number of hydrogen-bond donors (Lipinski definition) is 2. The molecule has 0 bridgehead atoms. The van der Waals surface area contributed by atoms with Crippen molar-refractivity contribution in [1.82, 2.24) is 5.43 Å². The highest BCUT2D eigenvalue weighted by molar-refractivity contribution is 7.14. The summed E-state index contributed by atoms with van der Waals surface area (Å²) in [6.45, 7) is 8.06. The number of hydrazone groups is 1. The molecule has 0 fully saturated rings. The molecule has 0 aliphatic carbocycles. The van der Waals surface area contributed by atoms with E-state index < -0.39 is 17.7 Å². The van der Waals surface area contributed by atoms with E-state index in [1.165, 1.54) is 29.0 Å². The summed E-state index contributed by atoms with van der Waals surface area (Å²) in [5.41, 5.74) is 5.06. The van der Waals surface area contributed by atoms with E-state index >= 15 is 0 Å². The van der Waals surface area contributed by atoms with Crippen molar-refractivity contribution in [1.29, 1.82) is 0 Å². The predicted molar refractivity (Wildman–Crippen MR) is 128 cm³/mol. The Morgan fingerprint density at radius 3 is 2.33 bits per heavy atom. The number of hydrogen-bond acceptors (Lipinski definition) is 6. The molecule has 3 rings (SSSR count). The van der Waals surface area contributed by atoms with Gasteiger partial charge in [-0.3, -0.25) is 4.79 Å². The van der Waals surface area contributed by atoms with Crippen LogP contribution in [0, 0.1) is 5.82 Å². The Labute approximate surface area is 195 Å². The molecule has 33 heavy (non-hydrogen) atoms. The zero-order chi connectivity index (χ0) is 24.3. The summed E-state index contributed by atoms with van der Waals surface area (Å²) in [6, 6.07) is 11.4. The Bertz CT molecular complexity index is 1220. The average molecular weight is 469 g/mol. The minimum atomic E-state index is -0.868. The highest BCUT2D eigenvalue weighted by atomic mass is 32.1. The van der Waals surface area contributed by atoms with Crippen LogP contribution in [0.4, 0.5) is 4.39 Å². The van der Waals surface area contributed by atoms with Crippen LogP contribution in [-0.2, 0) is 10.2 Å². The molecular weight excluding hydrogens is 443 g/mol. The summed E-state index contributed by atoms with van der Waals surface area (Å²) < 4.78 is 18.6. The highest BCUT2D eigenvalue weighted by Crippen LogP contribution is 2.39. The summed E-state index contributed by atoms with van der Waals surface area (Å²) in [4.78, 5) is 24.5. The third-order valence-electron chi connectivity index (χ3n) is 5.13. The second-order valence-corrected chi connectivity index (χ2v) is 9.36. The topological polar surface area (TPSA) is 88.0 Å². The molecule has 2 aromatic carbocycles. The van der Waals surface area contributed by atoms with E-state index in [2.05, 4.69) is 36.0 Å². The lowest BCUT2D eigenvalue weighted by atomic mass is 9.86. The first-order valence-electron chi connectivity index (χ1n) is 10.2. The molecule has 1 heterocycles. The van der Waals surface area contributed by atoms with E-state index in [1.807, 2.05) is 24.3 Å². The van der Waals surface area contributed by atoms with Crippen LogP contribution in [0.15, 0.2) is 52.9 Å². The van der Waals surface area contributed by atoms with E-state index in [0.717, 1.165) is 18.7 Å². The van der Waals surface area contributed by atoms with Gasteiger partial charge < -0.3 is 9.84 Å². The van der Waals surface area contributed by atoms with E-state index in [4.69, 9.17) is 0 Å². The molecule has 8 heteroatoms. The van der Waals surface area contributed by atoms with Crippen LogP contribution in [0.25, 0.3) is 10.4 Å². The van der Waals surface area contributed by atoms with Crippen molar-refractivity contribution >= 4 is 28.9 Å². The number of esters is 1. The number of ether oxygens (including phenoxy) is 1. The minimum absolute atomic E-state index is 0.00845. The number of aromatic hydroxyl groups is 1. The van der Waals surface area contributed by atoms with Gasteiger partial charge in [0.05, 0.1) is 28.8 Å². The molecule has 3 aromatic rings. The van der Waals surface area contributed by atoms with Crippen molar-refractivity contribution in [2.75, 3.05) is 7.11 Å². The second kappa shape index (κ2) is 9.54. The van der Waals surface area contributed by atoms with E-state index in [1.54, 1.807) is 12.3 Å².